The molecule has 0 unspecified atom stereocenters. The molecule has 3 rings (SSSR count). The van der Waals surface area contributed by atoms with E-state index in [9.17, 15) is 9.18 Å². The van der Waals surface area contributed by atoms with Crippen molar-refractivity contribution in [1.82, 2.24) is 15.0 Å². The maximum Gasteiger partial charge on any atom is 0.323 e. The summed E-state index contributed by atoms with van der Waals surface area (Å²) in [6.07, 6.45) is 0.361. The standard InChI is InChI=1S/C15H22FN3O3/c1-10-5-13(22-17-10)9-19-7-11(16)6-12(19)8-18(2)14-3-4-21-15(14)20/h5,11-12,14H,3-4,6-9H2,1-2H3/t11-,12-,14+/m0/s1. The lowest BCUT2D eigenvalue weighted by molar-refractivity contribution is -0.142. The Kier molecular flexibility index (Phi) is 4.44. The topological polar surface area (TPSA) is 58.8 Å². The van der Waals surface area contributed by atoms with E-state index >= 15 is 0 Å². The lowest BCUT2D eigenvalue weighted by atomic mass is 10.1. The third-order valence-electron chi connectivity index (χ3n) is 4.45. The van der Waals surface area contributed by atoms with Crippen molar-refractivity contribution in [2.75, 3.05) is 26.7 Å². The fourth-order valence-corrected chi connectivity index (χ4v) is 3.34. The molecule has 7 heteroatoms. The summed E-state index contributed by atoms with van der Waals surface area (Å²) in [6.45, 7) is 3.94. The SMILES string of the molecule is Cc1cc(CN2C[C@@H](F)C[C@H]2CN(C)[C@@H]2CCOC2=O)on1. The van der Waals surface area contributed by atoms with Gasteiger partial charge in [-0.3, -0.25) is 14.6 Å². The molecule has 0 aliphatic carbocycles. The number of likely N-dealkylation sites (tertiary alicyclic amines) is 1. The average Bonchev–Trinajstić information content (AvgIpc) is 3.13. The normalized spacial score (nSPS) is 29.5. The highest BCUT2D eigenvalue weighted by Gasteiger charge is 2.37. The molecule has 0 bridgehead atoms. The van der Waals surface area contributed by atoms with Gasteiger partial charge in [0.2, 0.25) is 0 Å². The fourth-order valence-electron chi connectivity index (χ4n) is 3.34. The molecule has 122 valence electrons. The maximum absolute atomic E-state index is 13.8. The molecule has 22 heavy (non-hydrogen) atoms. The summed E-state index contributed by atoms with van der Waals surface area (Å²) < 4.78 is 24.1. The molecule has 2 aliphatic heterocycles. The lowest BCUT2D eigenvalue weighted by Crippen LogP contribution is -2.44. The van der Waals surface area contributed by atoms with Gasteiger partial charge in [-0.05, 0) is 20.4 Å². The number of nitrogens with zero attached hydrogens (tertiary/aromatic N) is 3. The third kappa shape index (κ3) is 3.30. The minimum absolute atomic E-state index is 0.0683. The summed E-state index contributed by atoms with van der Waals surface area (Å²) in [5, 5.41) is 3.87. The van der Waals surface area contributed by atoms with Crippen molar-refractivity contribution in [3.8, 4) is 0 Å². The largest absolute Gasteiger partial charge is 0.464 e. The maximum atomic E-state index is 13.8. The number of carbonyl (C=O) groups excluding carboxylic acids is 1. The van der Waals surface area contributed by atoms with Gasteiger partial charge in [-0.1, -0.05) is 5.16 Å². The predicted molar refractivity (Wildman–Crippen MR) is 76.9 cm³/mol. The van der Waals surface area contributed by atoms with E-state index in [2.05, 4.69) is 10.1 Å². The number of aromatic nitrogens is 1. The average molecular weight is 311 g/mol. The van der Waals surface area contributed by atoms with E-state index in [0.29, 0.717) is 39.1 Å². The number of likely N-dealkylation sites (N-methyl/N-ethyl adjacent to an activating group) is 1. The van der Waals surface area contributed by atoms with Crippen molar-refractivity contribution in [2.24, 2.45) is 0 Å². The van der Waals surface area contributed by atoms with Crippen molar-refractivity contribution in [3.63, 3.8) is 0 Å². The highest BCUT2D eigenvalue weighted by molar-refractivity contribution is 5.77. The van der Waals surface area contributed by atoms with Gasteiger partial charge in [-0.2, -0.15) is 0 Å². The van der Waals surface area contributed by atoms with Crippen LogP contribution < -0.4 is 0 Å². The second-order valence-corrected chi connectivity index (χ2v) is 6.26. The molecule has 0 N–H and O–H groups in total. The van der Waals surface area contributed by atoms with Crippen LogP contribution >= 0.6 is 0 Å². The van der Waals surface area contributed by atoms with Gasteiger partial charge in [0, 0.05) is 31.6 Å². The van der Waals surface area contributed by atoms with E-state index in [1.807, 2.05) is 24.9 Å². The Morgan fingerprint density at radius 3 is 3.00 bits per heavy atom. The van der Waals surface area contributed by atoms with Crippen LogP contribution in [0.3, 0.4) is 0 Å². The van der Waals surface area contributed by atoms with Gasteiger partial charge in [-0.15, -0.1) is 0 Å². The van der Waals surface area contributed by atoms with Gasteiger partial charge in [0.05, 0.1) is 18.8 Å². The summed E-state index contributed by atoms with van der Waals surface area (Å²) in [4.78, 5) is 15.7. The Morgan fingerprint density at radius 1 is 1.55 bits per heavy atom. The molecule has 3 heterocycles. The summed E-state index contributed by atoms with van der Waals surface area (Å²) in [5.41, 5.74) is 0.827. The van der Waals surface area contributed by atoms with Crippen LogP contribution in [0.2, 0.25) is 0 Å². The number of alkyl halides is 1. The minimum Gasteiger partial charge on any atom is -0.464 e. The molecule has 2 saturated heterocycles. The molecule has 1 aromatic heterocycles. The van der Waals surface area contributed by atoms with Crippen molar-refractivity contribution in [1.29, 1.82) is 0 Å². The number of aryl methyl sites for hydroxylation is 1. The predicted octanol–water partition coefficient (Wildman–Crippen LogP) is 1.14. The number of halogens is 1. The molecular weight excluding hydrogens is 289 g/mol. The Balaban J connectivity index is 1.61. The highest BCUT2D eigenvalue weighted by Crippen LogP contribution is 2.25. The Bertz CT molecular complexity index is 536. The smallest absolute Gasteiger partial charge is 0.323 e. The number of esters is 1. The van der Waals surface area contributed by atoms with Crippen LogP contribution in [0.4, 0.5) is 4.39 Å². The van der Waals surface area contributed by atoms with Gasteiger partial charge in [0.1, 0.15) is 12.2 Å². The zero-order valence-corrected chi connectivity index (χ0v) is 13.0. The van der Waals surface area contributed by atoms with Crippen LogP contribution in [-0.2, 0) is 16.1 Å². The van der Waals surface area contributed by atoms with Gasteiger partial charge in [-0.25, -0.2) is 4.39 Å². The van der Waals surface area contributed by atoms with Gasteiger partial charge in [0.25, 0.3) is 0 Å². The molecule has 3 atom stereocenters. The van der Waals surface area contributed by atoms with Crippen LogP contribution in [0.5, 0.6) is 0 Å². The van der Waals surface area contributed by atoms with Crippen molar-refractivity contribution in [3.05, 3.63) is 17.5 Å². The molecule has 1 aromatic rings. The van der Waals surface area contributed by atoms with E-state index in [0.717, 1.165) is 11.5 Å². The Morgan fingerprint density at radius 2 is 2.36 bits per heavy atom. The number of ether oxygens (including phenoxy) is 1. The molecule has 0 saturated carbocycles. The molecule has 6 nitrogen and oxygen atoms in total. The van der Waals surface area contributed by atoms with Gasteiger partial charge < -0.3 is 9.26 Å². The van der Waals surface area contributed by atoms with Crippen molar-refractivity contribution >= 4 is 5.97 Å². The zero-order valence-electron chi connectivity index (χ0n) is 13.0. The van der Waals surface area contributed by atoms with E-state index < -0.39 is 6.17 Å². The van der Waals surface area contributed by atoms with Crippen LogP contribution in [0.25, 0.3) is 0 Å². The van der Waals surface area contributed by atoms with Crippen LogP contribution in [0.1, 0.15) is 24.3 Å². The quantitative estimate of drug-likeness (QED) is 0.760. The Labute approximate surface area is 129 Å². The molecule has 0 aromatic carbocycles. The first-order chi connectivity index (χ1) is 10.5. The molecule has 0 radical (unpaired) electrons. The van der Waals surface area contributed by atoms with Crippen molar-refractivity contribution in [2.45, 2.75) is 44.6 Å². The van der Waals surface area contributed by atoms with Crippen molar-refractivity contribution < 1.29 is 18.4 Å². The molecular formula is C15H22FN3O3. The summed E-state index contributed by atoms with van der Waals surface area (Å²) >= 11 is 0. The van der Waals surface area contributed by atoms with Gasteiger partial charge >= 0.3 is 5.97 Å². The monoisotopic (exact) mass is 311 g/mol. The first kappa shape index (κ1) is 15.4. The second kappa shape index (κ2) is 6.34. The number of carbonyl (C=O) groups is 1. The number of rotatable bonds is 5. The third-order valence-corrected chi connectivity index (χ3v) is 4.45. The molecule has 0 spiro atoms. The van der Waals surface area contributed by atoms with Crippen LogP contribution in [-0.4, -0.2) is 65.9 Å². The fraction of sp³-hybridized carbons (Fsp3) is 0.733. The first-order valence-electron chi connectivity index (χ1n) is 7.70. The molecule has 0 amide bonds. The Hall–Kier alpha value is -1.47. The summed E-state index contributed by atoms with van der Waals surface area (Å²) in [6, 6.07) is 1.74. The molecule has 2 fully saturated rings. The lowest BCUT2D eigenvalue weighted by Gasteiger charge is -2.29. The first-order valence-corrected chi connectivity index (χ1v) is 7.70. The summed E-state index contributed by atoms with van der Waals surface area (Å²) in [5.74, 6) is 0.578. The number of hydrogen-bond donors (Lipinski definition) is 0. The summed E-state index contributed by atoms with van der Waals surface area (Å²) in [7, 11) is 1.90. The zero-order chi connectivity index (χ0) is 15.7. The van der Waals surface area contributed by atoms with E-state index in [1.165, 1.54) is 0 Å². The minimum atomic E-state index is -0.835. The highest BCUT2D eigenvalue weighted by atomic mass is 19.1. The van der Waals surface area contributed by atoms with E-state index in [1.54, 1.807) is 0 Å². The number of cyclic esters (lactones) is 1. The van der Waals surface area contributed by atoms with Gasteiger partial charge in [0.15, 0.2) is 5.76 Å². The number of hydrogen-bond acceptors (Lipinski definition) is 6. The van der Waals surface area contributed by atoms with Crippen LogP contribution in [0, 0.1) is 6.92 Å². The second-order valence-electron chi connectivity index (χ2n) is 6.26. The molecule has 2 aliphatic rings. The van der Waals surface area contributed by atoms with E-state index in [4.69, 9.17) is 9.26 Å². The van der Waals surface area contributed by atoms with Crippen LogP contribution in [0.15, 0.2) is 10.6 Å². The van der Waals surface area contributed by atoms with E-state index in [-0.39, 0.29) is 18.1 Å².